The van der Waals surface area contributed by atoms with Gasteiger partial charge in [0.05, 0.1) is 26.1 Å². The van der Waals surface area contributed by atoms with Crippen molar-refractivity contribution in [2.24, 2.45) is 20.5 Å². The third kappa shape index (κ3) is 25.5. The average Bonchev–Trinajstić information content (AvgIpc) is 3.07. The van der Waals surface area contributed by atoms with Crippen LogP contribution in [0.5, 0.6) is 11.5 Å². The van der Waals surface area contributed by atoms with Crippen LogP contribution in [0.15, 0.2) is 89.7 Å². The number of phenols is 2. The van der Waals surface area contributed by atoms with Gasteiger partial charge in [-0.15, -0.1) is 5.11 Å². The molecular weight excluding hydrogens is 1090 g/mol. The molecule has 0 atom stereocenters. The second-order valence-electron chi connectivity index (χ2n) is 10.4. The van der Waals surface area contributed by atoms with Crippen molar-refractivity contribution < 1.29 is 253 Å². The number of phenolic OH excluding ortho intramolecular Hbond substituents is 2. The van der Waals surface area contributed by atoms with Crippen LogP contribution in [-0.4, -0.2) is 105 Å². The number of azo groups is 2. The van der Waals surface area contributed by atoms with Gasteiger partial charge in [-0.25, -0.2) is 50.5 Å². The van der Waals surface area contributed by atoms with E-state index in [2.05, 4.69) is 45.7 Å². The molecule has 0 saturated heterocycles. The predicted molar refractivity (Wildman–Crippen MR) is 193 cm³/mol. The first-order valence-electron chi connectivity index (χ1n) is 14.3. The molecule has 4 aromatic rings. The maximum atomic E-state index is 12.2. The van der Waals surface area contributed by atoms with E-state index in [9.17, 15) is 53.0 Å². The van der Waals surface area contributed by atoms with E-state index in [1.54, 1.807) is 0 Å². The Hall–Kier alpha value is 0.719. The molecule has 64 heavy (non-hydrogen) atoms. The summed E-state index contributed by atoms with van der Waals surface area (Å²) in [5.74, 6) is -3.34. The number of nitrogens with zero attached hydrogens (tertiary/aromatic N) is 4. The third-order valence-electron chi connectivity index (χ3n) is 6.41. The van der Waals surface area contributed by atoms with E-state index in [0.29, 0.717) is 6.07 Å². The molecule has 4 aromatic carbocycles. The van der Waals surface area contributed by atoms with Gasteiger partial charge in [0.25, 0.3) is 0 Å². The molecule has 0 bridgehead atoms. The van der Waals surface area contributed by atoms with Crippen molar-refractivity contribution in [3.63, 3.8) is 0 Å². The van der Waals surface area contributed by atoms with Gasteiger partial charge in [0, 0.05) is 34.6 Å². The standard InChI is InChI=1S/C27H24N5O12S4.Cu.5Na.2H2O4S/c1-3-45(35,36)16-5-9-20(24(33)13-16)29-31-23-12-7-18-19(27(23)34)8-11-22(28-15-47(39,40)41)26(18)32-30-21-10-6-17(46(37,38)4-2)14-25(21)48(42,43)44;;;;;;;2*1-5(2,3)4/h5-11,13-14,28,33-34H,1-4,15H2,(H,39,40,41)(H,42,43,44);;;;;;;2*(H2,1,2,3,4)/q-3;;5*+1;;/p-4. The molecule has 0 aliphatic rings. The maximum Gasteiger partial charge on any atom is 1.00 e. The second kappa shape index (κ2) is 30.5. The normalized spacial score (nSPS) is 11.6. The minimum atomic E-state index is -5.31. The minimum absolute atomic E-state index is 0. The van der Waals surface area contributed by atoms with Crippen LogP contribution >= 0.6 is 0 Å². The van der Waals surface area contributed by atoms with Crippen LogP contribution in [0.25, 0.3) is 10.8 Å². The fourth-order valence-corrected chi connectivity index (χ4v) is 6.64. The molecule has 0 aromatic heterocycles. The van der Waals surface area contributed by atoms with Crippen LogP contribution in [0.1, 0.15) is 0 Å². The van der Waals surface area contributed by atoms with Crippen molar-refractivity contribution in [1.82, 2.24) is 0 Å². The molecule has 0 aliphatic heterocycles. The number of benzene rings is 4. The zero-order valence-corrected chi connectivity index (χ0v) is 49.4. The van der Waals surface area contributed by atoms with Gasteiger partial charge in [-0.05, 0) is 36.4 Å². The number of hydrogen-bond acceptors (Lipinski definition) is 23. The van der Waals surface area contributed by atoms with Gasteiger partial charge >= 0.3 is 148 Å². The zero-order valence-electron chi connectivity index (χ0n) is 33.6. The molecule has 0 aliphatic carbocycles. The van der Waals surface area contributed by atoms with Crippen LogP contribution in [0.4, 0.5) is 28.4 Å². The van der Waals surface area contributed by atoms with Crippen molar-refractivity contribution in [2.45, 2.75) is 14.7 Å². The van der Waals surface area contributed by atoms with E-state index in [4.69, 9.17) is 35.0 Å². The van der Waals surface area contributed by atoms with Crippen LogP contribution in [0.3, 0.4) is 0 Å². The summed E-state index contributed by atoms with van der Waals surface area (Å²) in [6.07, 6.45) is 0. The summed E-state index contributed by atoms with van der Waals surface area (Å²) in [6, 6.07) is 12.0. The number of nitrogens with one attached hydrogen (secondary N) is 1. The molecule has 331 valence electrons. The van der Waals surface area contributed by atoms with Crippen molar-refractivity contribution in [1.29, 1.82) is 0 Å². The molecular formula is C27H24CuN5Na5O20S6-2. The SMILES string of the molecule is O=S(=O)([O-])O.O=S(=O)([O-])O.[CH2-]CS(=O)(=O)c1ccc(N=Nc2[c-]cc3c(N=Nc4ccc(S(=O)(=O)C[CH2-])cc4S(=O)(=O)[O-])c(NCS(=O)(=O)[O-])ccc3c2O)c(O)c1.[Cu].[Na+].[Na+].[Na+].[Na+].[Na+]. The van der Waals surface area contributed by atoms with Crippen LogP contribution in [0, 0.1) is 19.9 Å². The van der Waals surface area contributed by atoms with Crippen molar-refractivity contribution in [3.05, 3.63) is 74.5 Å². The quantitative estimate of drug-likeness (QED) is 0.0289. The summed E-state index contributed by atoms with van der Waals surface area (Å²) in [4.78, 5) is -1.77. The molecule has 5 N–H and O–H groups in total. The van der Waals surface area contributed by atoms with Gasteiger partial charge < -0.3 is 47.6 Å². The Balaban J connectivity index is -0.000000654. The number of fused-ring (bicyclic) bond motifs is 1. The number of aromatic hydroxyl groups is 2. The molecule has 0 heterocycles. The molecule has 1 radical (unpaired) electrons. The number of rotatable bonds is 12. The Morgan fingerprint density at radius 3 is 1.47 bits per heavy atom. The Morgan fingerprint density at radius 1 is 0.609 bits per heavy atom. The molecule has 25 nitrogen and oxygen atoms in total. The summed E-state index contributed by atoms with van der Waals surface area (Å²) in [5, 5.41) is 38.9. The first kappa shape index (κ1) is 73.7. The molecule has 0 fully saturated rings. The molecule has 0 amide bonds. The molecule has 0 spiro atoms. The van der Waals surface area contributed by atoms with Gasteiger partial charge in [0.15, 0.2) is 19.7 Å². The van der Waals surface area contributed by atoms with E-state index >= 15 is 0 Å². The van der Waals surface area contributed by atoms with E-state index in [0.717, 1.165) is 24.3 Å². The zero-order chi connectivity index (χ0) is 44.7. The smallest absolute Gasteiger partial charge is 0.747 e. The van der Waals surface area contributed by atoms with Gasteiger partial charge in [0.2, 0.25) is 20.8 Å². The topological polar surface area (TPSA) is 439 Å². The predicted octanol–water partition coefficient (Wildman–Crippen LogP) is -13.1. The number of anilines is 1. The second-order valence-corrected chi connectivity index (χ2v) is 19.1. The minimum Gasteiger partial charge on any atom is -0.747 e. The van der Waals surface area contributed by atoms with Crippen LogP contribution in [0.2, 0.25) is 0 Å². The fraction of sp³-hybridized carbons (Fsp3) is 0.111. The van der Waals surface area contributed by atoms with Gasteiger partial charge in [0.1, 0.15) is 43.2 Å². The van der Waals surface area contributed by atoms with Gasteiger partial charge in [-0.1, -0.05) is 28.3 Å². The first-order valence-corrected chi connectivity index (χ1v) is 23.3. The summed E-state index contributed by atoms with van der Waals surface area (Å²) in [7, 11) is -27.7. The molecule has 0 unspecified atom stereocenters. The first-order chi connectivity index (χ1) is 26.3. The number of sulfone groups is 2. The van der Waals surface area contributed by atoms with E-state index in [1.165, 1.54) is 24.3 Å². The maximum absolute atomic E-state index is 12.2. The fourth-order valence-electron chi connectivity index (χ4n) is 3.99. The summed E-state index contributed by atoms with van der Waals surface area (Å²) in [6.45, 7) is 6.58. The molecule has 0 saturated carbocycles. The Morgan fingerprint density at radius 2 is 1.05 bits per heavy atom. The average molecular weight is 1110 g/mol. The number of hydrogen-bond donors (Lipinski definition) is 5. The van der Waals surface area contributed by atoms with E-state index in [-0.39, 0.29) is 203 Å². The van der Waals surface area contributed by atoms with Gasteiger partial charge in [-0.3, -0.25) is 9.11 Å². The summed E-state index contributed by atoms with van der Waals surface area (Å²) in [5.41, 5.74) is -1.49. The monoisotopic (exact) mass is 1110 g/mol. The molecule has 37 heteroatoms. The van der Waals surface area contributed by atoms with Crippen LogP contribution in [-0.2, 0) is 77.8 Å². The Kier molecular flexibility index (Phi) is 35.1. The van der Waals surface area contributed by atoms with Crippen molar-refractivity contribution in [2.75, 3.05) is 22.7 Å². The van der Waals surface area contributed by atoms with E-state index < -0.39 is 105 Å². The molecule has 4 rings (SSSR count). The third-order valence-corrected chi connectivity index (χ3v) is 10.8. The van der Waals surface area contributed by atoms with Crippen LogP contribution < -0.4 is 153 Å². The Bertz CT molecular complexity index is 2920. The Labute approximate surface area is 489 Å². The largest absolute Gasteiger partial charge is 1.00 e. The summed E-state index contributed by atoms with van der Waals surface area (Å²) < 4.78 is 184. The van der Waals surface area contributed by atoms with E-state index in [1.807, 2.05) is 0 Å². The van der Waals surface area contributed by atoms with Crippen molar-refractivity contribution >= 4 is 99.9 Å². The van der Waals surface area contributed by atoms with Gasteiger partial charge in [-0.2, -0.15) is 27.5 Å². The van der Waals surface area contributed by atoms with Crippen molar-refractivity contribution in [3.8, 4) is 11.5 Å². The summed E-state index contributed by atoms with van der Waals surface area (Å²) >= 11 is 0.